The molecule has 3 rings (SSSR count). The van der Waals surface area contributed by atoms with E-state index in [1.165, 1.54) is 30.5 Å². The molecular formula is C15H8BrNO4. The van der Waals surface area contributed by atoms with Crippen LogP contribution in [0.5, 0.6) is 0 Å². The molecular weight excluding hydrogens is 338 g/mol. The lowest BCUT2D eigenvalue weighted by Crippen LogP contribution is -2.04. The standard InChI is InChI=1S/C15H8BrNO4/c16-10-3-6-12-14(7-10)21-8-13(15(12)18)9-1-4-11(5-2-9)17(19)20/h1-8H. The number of fused-ring (bicyclic) bond motifs is 1. The van der Waals surface area contributed by atoms with Crippen molar-refractivity contribution >= 4 is 32.6 Å². The Kier molecular flexibility index (Phi) is 3.31. The third-order valence-electron chi connectivity index (χ3n) is 3.13. The van der Waals surface area contributed by atoms with Gasteiger partial charge in [0.15, 0.2) is 5.43 Å². The van der Waals surface area contributed by atoms with Gasteiger partial charge >= 0.3 is 0 Å². The molecule has 104 valence electrons. The molecule has 0 aliphatic rings. The van der Waals surface area contributed by atoms with Crippen LogP contribution in [0, 0.1) is 10.1 Å². The molecule has 0 saturated carbocycles. The average molecular weight is 346 g/mol. The van der Waals surface area contributed by atoms with Crippen molar-refractivity contribution in [2.75, 3.05) is 0 Å². The molecule has 0 spiro atoms. The van der Waals surface area contributed by atoms with Gasteiger partial charge in [0.1, 0.15) is 11.8 Å². The molecule has 0 bridgehead atoms. The second kappa shape index (κ2) is 5.14. The molecule has 6 heteroatoms. The molecule has 1 aromatic heterocycles. The minimum atomic E-state index is -0.482. The maximum Gasteiger partial charge on any atom is 0.269 e. The lowest BCUT2D eigenvalue weighted by molar-refractivity contribution is -0.384. The van der Waals surface area contributed by atoms with Crippen LogP contribution in [-0.4, -0.2) is 4.92 Å². The van der Waals surface area contributed by atoms with E-state index in [0.717, 1.165) is 4.47 Å². The molecule has 0 aliphatic heterocycles. The van der Waals surface area contributed by atoms with Gasteiger partial charge in [-0.25, -0.2) is 0 Å². The third kappa shape index (κ3) is 2.45. The van der Waals surface area contributed by atoms with E-state index in [1.807, 2.05) is 0 Å². The Morgan fingerprint density at radius 2 is 1.81 bits per heavy atom. The van der Waals surface area contributed by atoms with E-state index in [9.17, 15) is 14.9 Å². The van der Waals surface area contributed by atoms with Crippen LogP contribution in [0.3, 0.4) is 0 Å². The average Bonchev–Trinajstić information content (AvgIpc) is 2.47. The summed E-state index contributed by atoms with van der Waals surface area (Å²) in [7, 11) is 0. The maximum absolute atomic E-state index is 12.4. The van der Waals surface area contributed by atoms with Crippen molar-refractivity contribution in [3.8, 4) is 11.1 Å². The summed E-state index contributed by atoms with van der Waals surface area (Å²) in [6.07, 6.45) is 1.37. The van der Waals surface area contributed by atoms with Crippen molar-refractivity contribution in [1.82, 2.24) is 0 Å². The molecule has 0 N–H and O–H groups in total. The predicted molar refractivity (Wildman–Crippen MR) is 82.3 cm³/mol. The first kappa shape index (κ1) is 13.5. The van der Waals surface area contributed by atoms with Gasteiger partial charge in [-0.3, -0.25) is 14.9 Å². The van der Waals surface area contributed by atoms with Crippen LogP contribution in [0.25, 0.3) is 22.1 Å². The summed E-state index contributed by atoms with van der Waals surface area (Å²) < 4.78 is 6.29. The van der Waals surface area contributed by atoms with Crippen molar-refractivity contribution in [3.63, 3.8) is 0 Å². The number of halogens is 1. The summed E-state index contributed by atoms with van der Waals surface area (Å²) >= 11 is 3.32. The van der Waals surface area contributed by atoms with Gasteiger partial charge in [-0.15, -0.1) is 0 Å². The van der Waals surface area contributed by atoms with Gasteiger partial charge < -0.3 is 4.42 Å². The molecule has 21 heavy (non-hydrogen) atoms. The molecule has 0 saturated heterocycles. The Labute approximate surface area is 127 Å². The van der Waals surface area contributed by atoms with E-state index in [4.69, 9.17) is 4.42 Å². The normalized spacial score (nSPS) is 10.7. The number of nitro groups is 1. The van der Waals surface area contributed by atoms with E-state index in [2.05, 4.69) is 15.9 Å². The zero-order valence-corrected chi connectivity index (χ0v) is 12.2. The highest BCUT2D eigenvalue weighted by atomic mass is 79.9. The highest BCUT2D eigenvalue weighted by molar-refractivity contribution is 9.10. The summed E-state index contributed by atoms with van der Waals surface area (Å²) in [6, 6.07) is 11.0. The number of non-ortho nitro benzene ring substituents is 1. The van der Waals surface area contributed by atoms with Crippen LogP contribution in [0.2, 0.25) is 0 Å². The second-order valence-corrected chi connectivity index (χ2v) is 5.34. The Morgan fingerprint density at radius 1 is 1.10 bits per heavy atom. The van der Waals surface area contributed by atoms with E-state index in [-0.39, 0.29) is 11.1 Å². The Balaban J connectivity index is 2.16. The molecule has 0 radical (unpaired) electrons. The first-order chi connectivity index (χ1) is 10.1. The molecule has 1 heterocycles. The monoisotopic (exact) mass is 345 g/mol. The molecule has 0 amide bonds. The fourth-order valence-electron chi connectivity index (χ4n) is 2.06. The van der Waals surface area contributed by atoms with Crippen LogP contribution in [0.15, 0.2) is 62.4 Å². The van der Waals surface area contributed by atoms with Gasteiger partial charge in [0.25, 0.3) is 5.69 Å². The number of hydrogen-bond acceptors (Lipinski definition) is 4. The van der Waals surface area contributed by atoms with Crippen molar-refractivity contribution in [2.24, 2.45) is 0 Å². The largest absolute Gasteiger partial charge is 0.463 e. The topological polar surface area (TPSA) is 73.3 Å². The smallest absolute Gasteiger partial charge is 0.269 e. The number of rotatable bonds is 2. The van der Waals surface area contributed by atoms with Gasteiger partial charge in [0.2, 0.25) is 0 Å². The Morgan fingerprint density at radius 3 is 2.48 bits per heavy atom. The molecule has 0 fully saturated rings. The summed E-state index contributed by atoms with van der Waals surface area (Å²) in [4.78, 5) is 22.6. The molecule has 0 unspecified atom stereocenters. The zero-order chi connectivity index (χ0) is 15.0. The third-order valence-corrected chi connectivity index (χ3v) is 3.62. The second-order valence-electron chi connectivity index (χ2n) is 4.42. The summed E-state index contributed by atoms with van der Waals surface area (Å²) in [5, 5.41) is 11.1. The van der Waals surface area contributed by atoms with Crippen molar-refractivity contribution in [1.29, 1.82) is 0 Å². The SMILES string of the molecule is O=c1c(-c2ccc([N+](=O)[O-])cc2)coc2cc(Br)ccc12. The van der Waals surface area contributed by atoms with Crippen LogP contribution < -0.4 is 5.43 Å². The first-order valence-electron chi connectivity index (χ1n) is 6.02. The lowest BCUT2D eigenvalue weighted by atomic mass is 10.1. The minimum absolute atomic E-state index is 0.0205. The van der Waals surface area contributed by atoms with E-state index in [1.54, 1.807) is 18.2 Å². The van der Waals surface area contributed by atoms with E-state index in [0.29, 0.717) is 22.1 Å². The lowest BCUT2D eigenvalue weighted by Gasteiger charge is -2.03. The van der Waals surface area contributed by atoms with E-state index < -0.39 is 4.92 Å². The molecule has 0 aliphatic carbocycles. The summed E-state index contributed by atoms with van der Waals surface area (Å²) in [5.41, 5.74) is 1.25. The van der Waals surface area contributed by atoms with Gasteiger partial charge in [0, 0.05) is 16.6 Å². The highest BCUT2D eigenvalue weighted by Crippen LogP contribution is 2.23. The van der Waals surface area contributed by atoms with Gasteiger partial charge in [-0.1, -0.05) is 15.9 Å². The number of nitro benzene ring substituents is 1. The summed E-state index contributed by atoms with van der Waals surface area (Å²) in [6.45, 7) is 0. The zero-order valence-electron chi connectivity index (χ0n) is 10.6. The molecule has 5 nitrogen and oxygen atoms in total. The van der Waals surface area contributed by atoms with Crippen LogP contribution in [0.1, 0.15) is 0 Å². The molecule has 3 aromatic rings. The van der Waals surface area contributed by atoms with Gasteiger partial charge in [0.05, 0.1) is 15.9 Å². The number of hydrogen-bond donors (Lipinski definition) is 0. The van der Waals surface area contributed by atoms with Crippen LogP contribution in [-0.2, 0) is 0 Å². The molecule has 2 aromatic carbocycles. The quantitative estimate of drug-likeness (QED) is 0.517. The van der Waals surface area contributed by atoms with Gasteiger partial charge in [-0.2, -0.15) is 0 Å². The Bertz CT molecular complexity index is 900. The van der Waals surface area contributed by atoms with Crippen molar-refractivity contribution in [3.05, 3.63) is 73.5 Å². The Hall–Kier alpha value is -2.47. The number of benzene rings is 2. The van der Waals surface area contributed by atoms with Gasteiger partial charge in [-0.05, 0) is 35.9 Å². The van der Waals surface area contributed by atoms with Crippen molar-refractivity contribution < 1.29 is 9.34 Å². The van der Waals surface area contributed by atoms with Crippen LogP contribution in [0.4, 0.5) is 5.69 Å². The first-order valence-corrected chi connectivity index (χ1v) is 6.81. The maximum atomic E-state index is 12.4. The molecule has 0 atom stereocenters. The van der Waals surface area contributed by atoms with Crippen molar-refractivity contribution in [2.45, 2.75) is 0 Å². The highest BCUT2D eigenvalue weighted by Gasteiger charge is 2.11. The minimum Gasteiger partial charge on any atom is -0.463 e. The summed E-state index contributed by atoms with van der Waals surface area (Å²) in [5.74, 6) is 0. The fraction of sp³-hybridized carbons (Fsp3) is 0. The van der Waals surface area contributed by atoms with E-state index >= 15 is 0 Å². The predicted octanol–water partition coefficient (Wildman–Crippen LogP) is 4.13. The fourth-order valence-corrected chi connectivity index (χ4v) is 2.40. The number of nitrogens with zero attached hydrogens (tertiary/aromatic N) is 1. The van der Waals surface area contributed by atoms with Crippen LogP contribution >= 0.6 is 15.9 Å².